The molecule has 0 atom stereocenters. The van der Waals surface area contributed by atoms with Crippen molar-refractivity contribution in [3.8, 4) is 11.1 Å². The maximum atomic E-state index is 4.00. The van der Waals surface area contributed by atoms with Crippen molar-refractivity contribution < 1.29 is 0 Å². The molecule has 204 valence electrons. The summed E-state index contributed by atoms with van der Waals surface area (Å²) in [5.74, 6) is 8.00. The van der Waals surface area contributed by atoms with Gasteiger partial charge in [-0.15, -0.1) is 0 Å². The van der Waals surface area contributed by atoms with Crippen molar-refractivity contribution in [3.05, 3.63) is 203 Å². The first kappa shape index (κ1) is 28.3. The maximum Gasteiger partial charge on any atom is -0.0105 e. The van der Waals surface area contributed by atoms with Gasteiger partial charge in [0.1, 0.15) is 0 Å². The Morgan fingerprint density at radius 3 is 0.786 bits per heavy atom. The molecule has 0 fully saturated rings. The lowest BCUT2D eigenvalue weighted by Gasteiger charge is -2.10. The third kappa shape index (κ3) is 7.07. The summed E-state index contributed by atoms with van der Waals surface area (Å²) in [5.41, 5.74) is 12.1. The highest BCUT2D eigenvalue weighted by Gasteiger charge is 2.07. The van der Waals surface area contributed by atoms with Crippen LogP contribution in [0.2, 0.25) is 0 Å². The van der Waals surface area contributed by atoms with E-state index < -0.39 is 0 Å². The molecule has 4 N–H and O–H groups in total. The summed E-state index contributed by atoms with van der Waals surface area (Å²) < 4.78 is 0. The molecule has 0 bridgehead atoms. The average Bonchev–Trinajstić information content (AvgIpc) is 3.09. The average molecular weight is 543 g/mol. The van der Waals surface area contributed by atoms with Crippen LogP contribution in [0.1, 0.15) is 33.4 Å². The summed E-state index contributed by atoms with van der Waals surface area (Å²) in [6, 6.07) is 60.0. The molecule has 6 aromatic rings. The van der Waals surface area contributed by atoms with E-state index in [1.54, 1.807) is 0 Å². The van der Waals surface area contributed by atoms with Gasteiger partial charge in [-0.3, -0.25) is 11.7 Å². The van der Waals surface area contributed by atoms with Crippen LogP contribution in [0.15, 0.2) is 170 Å². The van der Waals surface area contributed by atoms with Gasteiger partial charge in [-0.25, -0.2) is 0 Å². The number of nitrogens with two attached hydrogens (primary N) is 2. The molecule has 0 saturated heterocycles. The molecule has 42 heavy (non-hydrogen) atoms. The first-order chi connectivity index (χ1) is 20.8. The van der Waals surface area contributed by atoms with E-state index in [-0.39, 0.29) is 0 Å². The Labute approximate surface area is 248 Å². The van der Waals surface area contributed by atoms with Crippen molar-refractivity contribution in [1.82, 2.24) is 0 Å². The van der Waals surface area contributed by atoms with Crippen molar-refractivity contribution in [1.29, 1.82) is 0 Å². The van der Waals surface area contributed by atoms with Gasteiger partial charge in [-0.1, -0.05) is 170 Å². The van der Waals surface area contributed by atoms with Crippen LogP contribution in [0.3, 0.4) is 0 Å². The van der Waals surface area contributed by atoms with Crippen molar-refractivity contribution >= 4 is 23.3 Å². The standard InChI is InChI=1S/C40H30.H4N2/c1-5-13-35(14-6-1)39(36-15-7-2-8-16-36)29-31-21-25-33(26-22-31)34-27-23-32(24-28-34)30-40(37-17-9-3-10-18-37)38-19-11-4-12-20-38;1-2/h1-30H;1-2H2. The van der Waals surface area contributed by atoms with Gasteiger partial charge in [0.2, 0.25) is 0 Å². The molecule has 2 heteroatoms. The van der Waals surface area contributed by atoms with Gasteiger partial charge in [-0.2, -0.15) is 0 Å². The minimum absolute atomic E-state index is 1.18. The first-order valence-electron chi connectivity index (χ1n) is 14.0. The van der Waals surface area contributed by atoms with Gasteiger partial charge in [0.05, 0.1) is 0 Å². The molecule has 0 aromatic heterocycles. The van der Waals surface area contributed by atoms with Crippen LogP contribution in [0, 0.1) is 0 Å². The summed E-state index contributed by atoms with van der Waals surface area (Å²) in [5, 5.41) is 0. The lowest BCUT2D eigenvalue weighted by atomic mass is 9.94. The lowest BCUT2D eigenvalue weighted by Crippen LogP contribution is -2.02. The molecule has 0 radical (unpaired) electrons. The molecule has 6 rings (SSSR count). The van der Waals surface area contributed by atoms with Gasteiger partial charge >= 0.3 is 0 Å². The van der Waals surface area contributed by atoms with Gasteiger partial charge < -0.3 is 0 Å². The molecule has 2 nitrogen and oxygen atoms in total. The van der Waals surface area contributed by atoms with E-state index in [0.29, 0.717) is 0 Å². The predicted octanol–water partition coefficient (Wildman–Crippen LogP) is 9.35. The minimum atomic E-state index is 1.18. The second-order valence-electron chi connectivity index (χ2n) is 9.82. The Hall–Kier alpha value is -5.28. The molecule has 0 saturated carbocycles. The second-order valence-corrected chi connectivity index (χ2v) is 9.82. The van der Waals surface area contributed by atoms with E-state index in [0.717, 1.165) is 0 Å². The molecule has 0 aliphatic heterocycles. The summed E-state index contributed by atoms with van der Waals surface area (Å²) in [4.78, 5) is 0. The Morgan fingerprint density at radius 2 is 0.548 bits per heavy atom. The molecular formula is C40H34N2. The molecule has 0 aliphatic carbocycles. The molecule has 0 unspecified atom stereocenters. The van der Waals surface area contributed by atoms with E-state index in [9.17, 15) is 0 Å². The predicted molar refractivity (Wildman–Crippen MR) is 180 cm³/mol. The Balaban J connectivity index is 0.00000173. The third-order valence-corrected chi connectivity index (χ3v) is 7.12. The molecule has 6 aromatic carbocycles. The van der Waals surface area contributed by atoms with Crippen LogP contribution < -0.4 is 11.7 Å². The van der Waals surface area contributed by atoms with E-state index in [2.05, 4.69) is 194 Å². The summed E-state index contributed by atoms with van der Waals surface area (Å²) in [6.07, 6.45) is 4.55. The lowest BCUT2D eigenvalue weighted by molar-refractivity contribution is 1.26. The highest BCUT2D eigenvalue weighted by atomic mass is 15.0. The van der Waals surface area contributed by atoms with Crippen LogP contribution in [0.4, 0.5) is 0 Å². The Morgan fingerprint density at radius 1 is 0.310 bits per heavy atom. The van der Waals surface area contributed by atoms with Crippen LogP contribution in [0.5, 0.6) is 0 Å². The van der Waals surface area contributed by atoms with Crippen molar-refractivity contribution in [2.45, 2.75) is 0 Å². The SMILES string of the molecule is C(=C(c1ccccc1)c1ccccc1)c1ccc(-c2ccc(C=C(c3ccccc3)c3ccccc3)cc2)cc1.NN. The fourth-order valence-electron chi connectivity index (χ4n) is 5.01. The molecule has 0 aliphatic rings. The highest BCUT2D eigenvalue weighted by molar-refractivity contribution is 5.92. The van der Waals surface area contributed by atoms with E-state index >= 15 is 0 Å². The number of benzene rings is 6. The fourth-order valence-corrected chi connectivity index (χ4v) is 5.01. The van der Waals surface area contributed by atoms with Gasteiger partial charge in [0.15, 0.2) is 0 Å². The third-order valence-electron chi connectivity index (χ3n) is 7.12. The van der Waals surface area contributed by atoms with E-state index in [1.807, 2.05) is 0 Å². The molecule has 0 amide bonds. The fraction of sp³-hybridized carbons (Fsp3) is 0. The van der Waals surface area contributed by atoms with E-state index in [4.69, 9.17) is 0 Å². The second kappa shape index (κ2) is 14.4. The quantitative estimate of drug-likeness (QED) is 0.120. The van der Waals surface area contributed by atoms with Gasteiger partial charge in [0.25, 0.3) is 0 Å². The maximum absolute atomic E-state index is 4.00. The summed E-state index contributed by atoms with van der Waals surface area (Å²) >= 11 is 0. The summed E-state index contributed by atoms with van der Waals surface area (Å²) in [6.45, 7) is 0. The number of hydrogen-bond acceptors (Lipinski definition) is 2. The largest absolute Gasteiger partial charge is 0.274 e. The zero-order valence-corrected chi connectivity index (χ0v) is 23.5. The van der Waals surface area contributed by atoms with Crippen LogP contribution >= 0.6 is 0 Å². The Kier molecular flexibility index (Phi) is 9.67. The molecule has 0 spiro atoms. The first-order valence-corrected chi connectivity index (χ1v) is 14.0. The van der Waals surface area contributed by atoms with Crippen molar-refractivity contribution in [3.63, 3.8) is 0 Å². The van der Waals surface area contributed by atoms with Gasteiger partial charge in [0, 0.05) is 0 Å². The summed E-state index contributed by atoms with van der Waals surface area (Å²) in [7, 11) is 0. The molecule has 0 heterocycles. The topological polar surface area (TPSA) is 52.0 Å². The zero-order chi connectivity index (χ0) is 29.0. The van der Waals surface area contributed by atoms with Crippen molar-refractivity contribution in [2.75, 3.05) is 0 Å². The Bertz CT molecular complexity index is 1500. The van der Waals surface area contributed by atoms with Crippen molar-refractivity contribution in [2.24, 2.45) is 11.7 Å². The highest BCUT2D eigenvalue weighted by Crippen LogP contribution is 2.29. The zero-order valence-electron chi connectivity index (χ0n) is 23.5. The monoisotopic (exact) mass is 542 g/mol. The number of rotatable bonds is 7. The molecular weight excluding hydrogens is 508 g/mol. The normalized spacial score (nSPS) is 10.1. The van der Waals surface area contributed by atoms with Crippen LogP contribution in [-0.2, 0) is 0 Å². The number of hydrazine groups is 1. The van der Waals surface area contributed by atoms with Gasteiger partial charge in [-0.05, 0) is 67.8 Å². The van der Waals surface area contributed by atoms with Crippen LogP contribution in [-0.4, -0.2) is 0 Å². The number of hydrogen-bond donors (Lipinski definition) is 2. The minimum Gasteiger partial charge on any atom is -0.274 e. The smallest absolute Gasteiger partial charge is 0.0105 e. The van der Waals surface area contributed by atoms with E-state index in [1.165, 1.54) is 55.7 Å². The van der Waals surface area contributed by atoms with Crippen LogP contribution in [0.25, 0.3) is 34.4 Å².